The lowest BCUT2D eigenvalue weighted by atomic mass is 10.1. The maximum absolute atomic E-state index is 12.7. The second-order valence-corrected chi connectivity index (χ2v) is 8.90. The molecule has 1 amide bonds. The fourth-order valence-electron chi connectivity index (χ4n) is 3.33. The van der Waals surface area contributed by atoms with Crippen LogP contribution in [0.5, 0.6) is 0 Å². The molecule has 5 nitrogen and oxygen atoms in total. The lowest BCUT2D eigenvalue weighted by molar-refractivity contribution is -0.115. The first-order valence-electron chi connectivity index (χ1n) is 9.33. The molecule has 0 fully saturated rings. The van der Waals surface area contributed by atoms with Gasteiger partial charge < -0.3 is 5.32 Å². The standard InChI is InChI=1S/C22H21ClN4OS/c1-12-8-9-16(11-18(12)23)24-21(28)15(4)29-22-26-25-19-10-14(3)17-7-5-6-13(2)20(17)27(19)22/h5-11,15H,1-4H3,(H,24,28). The summed E-state index contributed by atoms with van der Waals surface area (Å²) in [6, 6.07) is 13.8. The normalized spacial score (nSPS) is 12.4. The summed E-state index contributed by atoms with van der Waals surface area (Å²) in [6.07, 6.45) is 0. The lowest BCUT2D eigenvalue weighted by Gasteiger charge is -2.13. The zero-order valence-electron chi connectivity index (χ0n) is 16.7. The first-order valence-corrected chi connectivity index (χ1v) is 10.6. The highest BCUT2D eigenvalue weighted by molar-refractivity contribution is 8.00. The Kier molecular flexibility index (Phi) is 5.23. The molecule has 148 valence electrons. The van der Waals surface area contributed by atoms with Crippen molar-refractivity contribution in [3.05, 3.63) is 64.2 Å². The second kappa shape index (κ2) is 7.69. The third kappa shape index (κ3) is 3.70. The Hall–Kier alpha value is -2.57. The summed E-state index contributed by atoms with van der Waals surface area (Å²) >= 11 is 7.55. The molecular formula is C22H21ClN4OS. The Morgan fingerprint density at radius 3 is 2.62 bits per heavy atom. The number of carbonyl (C=O) groups excluding carboxylic acids is 1. The first-order chi connectivity index (χ1) is 13.8. The van der Waals surface area contributed by atoms with Gasteiger partial charge in [0.2, 0.25) is 5.91 Å². The number of nitrogens with one attached hydrogen (secondary N) is 1. The van der Waals surface area contributed by atoms with Gasteiger partial charge in [0.1, 0.15) is 0 Å². The zero-order chi connectivity index (χ0) is 20.7. The van der Waals surface area contributed by atoms with Crippen LogP contribution in [0.4, 0.5) is 5.69 Å². The average Bonchev–Trinajstić information content (AvgIpc) is 3.07. The van der Waals surface area contributed by atoms with Crippen molar-refractivity contribution < 1.29 is 4.79 Å². The third-order valence-electron chi connectivity index (χ3n) is 4.98. The number of carbonyl (C=O) groups is 1. The fourth-order valence-corrected chi connectivity index (χ4v) is 4.37. The van der Waals surface area contributed by atoms with E-state index in [-0.39, 0.29) is 11.2 Å². The largest absolute Gasteiger partial charge is 0.325 e. The molecule has 29 heavy (non-hydrogen) atoms. The molecule has 0 saturated carbocycles. The van der Waals surface area contributed by atoms with Crippen LogP contribution in [0, 0.1) is 20.8 Å². The van der Waals surface area contributed by atoms with Crippen molar-refractivity contribution in [2.75, 3.05) is 5.32 Å². The van der Waals surface area contributed by atoms with Gasteiger partial charge in [0.25, 0.3) is 0 Å². The van der Waals surface area contributed by atoms with Gasteiger partial charge in [0.05, 0.1) is 10.8 Å². The van der Waals surface area contributed by atoms with E-state index in [0.29, 0.717) is 15.9 Å². The van der Waals surface area contributed by atoms with Gasteiger partial charge in [-0.05, 0) is 62.6 Å². The minimum absolute atomic E-state index is 0.111. The first kappa shape index (κ1) is 19.7. The van der Waals surface area contributed by atoms with E-state index in [0.717, 1.165) is 33.2 Å². The fraction of sp³-hybridized carbons (Fsp3) is 0.227. The third-order valence-corrected chi connectivity index (χ3v) is 6.43. The Balaban J connectivity index is 1.65. The Labute approximate surface area is 178 Å². The van der Waals surface area contributed by atoms with Gasteiger partial charge in [-0.1, -0.05) is 47.6 Å². The smallest absolute Gasteiger partial charge is 0.237 e. The molecule has 1 N–H and O–H groups in total. The van der Waals surface area contributed by atoms with E-state index in [4.69, 9.17) is 11.6 Å². The van der Waals surface area contributed by atoms with Gasteiger partial charge in [0, 0.05) is 16.1 Å². The number of hydrogen-bond acceptors (Lipinski definition) is 4. The quantitative estimate of drug-likeness (QED) is 0.434. The molecular weight excluding hydrogens is 404 g/mol. The minimum atomic E-state index is -0.358. The molecule has 0 radical (unpaired) electrons. The van der Waals surface area contributed by atoms with E-state index in [1.165, 1.54) is 11.8 Å². The van der Waals surface area contributed by atoms with Crippen LogP contribution in [0.15, 0.2) is 47.6 Å². The monoisotopic (exact) mass is 424 g/mol. The molecule has 0 saturated heterocycles. The SMILES string of the molecule is Cc1ccc(NC(=O)C(C)Sc2nnc3cc(C)c4cccc(C)c4n23)cc1Cl. The second-order valence-electron chi connectivity index (χ2n) is 7.19. The predicted octanol–water partition coefficient (Wildman–Crippen LogP) is 5.58. The van der Waals surface area contributed by atoms with Crippen molar-refractivity contribution in [1.82, 2.24) is 14.6 Å². The minimum Gasteiger partial charge on any atom is -0.325 e. The van der Waals surface area contributed by atoms with Crippen LogP contribution >= 0.6 is 23.4 Å². The number of aryl methyl sites for hydroxylation is 3. The zero-order valence-corrected chi connectivity index (χ0v) is 18.2. The summed E-state index contributed by atoms with van der Waals surface area (Å²) in [6.45, 7) is 7.94. The van der Waals surface area contributed by atoms with Gasteiger partial charge in [-0.15, -0.1) is 10.2 Å². The number of anilines is 1. The van der Waals surface area contributed by atoms with Gasteiger partial charge in [-0.2, -0.15) is 0 Å². The van der Waals surface area contributed by atoms with E-state index < -0.39 is 0 Å². The summed E-state index contributed by atoms with van der Waals surface area (Å²) in [5.74, 6) is -0.111. The van der Waals surface area contributed by atoms with Crippen molar-refractivity contribution in [2.24, 2.45) is 0 Å². The van der Waals surface area contributed by atoms with Crippen LogP contribution in [-0.4, -0.2) is 25.8 Å². The van der Waals surface area contributed by atoms with Crippen LogP contribution in [0.25, 0.3) is 16.6 Å². The topological polar surface area (TPSA) is 59.3 Å². The number of fused-ring (bicyclic) bond motifs is 3. The maximum atomic E-state index is 12.7. The summed E-state index contributed by atoms with van der Waals surface area (Å²) < 4.78 is 2.04. The molecule has 0 spiro atoms. The van der Waals surface area contributed by atoms with Crippen LogP contribution in [0.1, 0.15) is 23.6 Å². The van der Waals surface area contributed by atoms with E-state index in [2.05, 4.69) is 47.6 Å². The van der Waals surface area contributed by atoms with Crippen LogP contribution in [0.3, 0.4) is 0 Å². The number of aromatic nitrogens is 3. The summed E-state index contributed by atoms with van der Waals surface area (Å²) in [5, 5.41) is 13.7. The predicted molar refractivity (Wildman–Crippen MR) is 120 cm³/mol. The summed E-state index contributed by atoms with van der Waals surface area (Å²) in [4.78, 5) is 12.7. The van der Waals surface area contributed by atoms with Crippen molar-refractivity contribution >= 4 is 51.5 Å². The van der Waals surface area contributed by atoms with E-state index in [9.17, 15) is 4.79 Å². The molecule has 1 unspecified atom stereocenters. The number of pyridine rings is 1. The Morgan fingerprint density at radius 2 is 1.86 bits per heavy atom. The number of thioether (sulfide) groups is 1. The van der Waals surface area contributed by atoms with Gasteiger partial charge >= 0.3 is 0 Å². The molecule has 2 aromatic heterocycles. The number of nitrogens with zero attached hydrogens (tertiary/aromatic N) is 3. The van der Waals surface area contributed by atoms with E-state index in [1.807, 2.05) is 36.4 Å². The Morgan fingerprint density at radius 1 is 1.07 bits per heavy atom. The molecule has 2 heterocycles. The number of rotatable bonds is 4. The van der Waals surface area contributed by atoms with Crippen LogP contribution in [0.2, 0.25) is 5.02 Å². The molecule has 4 rings (SSSR count). The molecule has 0 bridgehead atoms. The Bertz CT molecular complexity index is 1250. The summed E-state index contributed by atoms with van der Waals surface area (Å²) in [5.41, 5.74) is 5.81. The molecule has 1 atom stereocenters. The number of para-hydroxylation sites is 1. The highest BCUT2D eigenvalue weighted by atomic mass is 35.5. The summed E-state index contributed by atoms with van der Waals surface area (Å²) in [7, 11) is 0. The highest BCUT2D eigenvalue weighted by Crippen LogP contribution is 2.30. The molecule has 4 aromatic rings. The number of benzene rings is 2. The number of halogens is 1. The van der Waals surface area contributed by atoms with Gasteiger partial charge in [0.15, 0.2) is 10.8 Å². The molecule has 0 aliphatic carbocycles. The molecule has 0 aliphatic heterocycles. The van der Waals surface area contributed by atoms with Crippen LogP contribution in [-0.2, 0) is 4.79 Å². The van der Waals surface area contributed by atoms with E-state index in [1.54, 1.807) is 6.07 Å². The van der Waals surface area contributed by atoms with E-state index >= 15 is 0 Å². The van der Waals surface area contributed by atoms with Crippen molar-refractivity contribution in [1.29, 1.82) is 0 Å². The maximum Gasteiger partial charge on any atom is 0.237 e. The molecule has 0 aliphatic rings. The number of hydrogen-bond donors (Lipinski definition) is 1. The molecule has 2 aromatic carbocycles. The van der Waals surface area contributed by atoms with Crippen molar-refractivity contribution in [2.45, 2.75) is 38.1 Å². The average molecular weight is 425 g/mol. The molecule has 7 heteroatoms. The van der Waals surface area contributed by atoms with Crippen LogP contribution < -0.4 is 5.32 Å². The van der Waals surface area contributed by atoms with Gasteiger partial charge in [-0.25, -0.2) is 0 Å². The van der Waals surface area contributed by atoms with Crippen molar-refractivity contribution in [3.63, 3.8) is 0 Å². The highest BCUT2D eigenvalue weighted by Gasteiger charge is 2.20. The number of amides is 1. The lowest BCUT2D eigenvalue weighted by Crippen LogP contribution is -2.22. The van der Waals surface area contributed by atoms with Crippen molar-refractivity contribution in [3.8, 4) is 0 Å². The van der Waals surface area contributed by atoms with Gasteiger partial charge in [-0.3, -0.25) is 9.20 Å².